The van der Waals surface area contributed by atoms with Gasteiger partial charge in [-0.25, -0.2) is 12.8 Å². The Kier molecular flexibility index (Phi) is 4.84. The molecule has 0 aliphatic heterocycles. The van der Waals surface area contributed by atoms with Crippen LogP contribution in [0.2, 0.25) is 0 Å². The third kappa shape index (κ3) is 3.76. The van der Waals surface area contributed by atoms with Gasteiger partial charge in [0.1, 0.15) is 10.7 Å². The molecule has 0 saturated carbocycles. The van der Waals surface area contributed by atoms with Gasteiger partial charge in [-0.05, 0) is 31.5 Å². The molecule has 1 aromatic rings. The van der Waals surface area contributed by atoms with E-state index in [0.717, 1.165) is 6.26 Å². The molecule has 0 radical (unpaired) electrons. The zero-order valence-corrected chi connectivity index (χ0v) is 11.5. The summed E-state index contributed by atoms with van der Waals surface area (Å²) in [4.78, 5) is -0.298. The van der Waals surface area contributed by atoms with Gasteiger partial charge in [0.15, 0.2) is 9.84 Å². The van der Waals surface area contributed by atoms with Crippen LogP contribution >= 0.6 is 0 Å². The standard InChI is InChI=1S/C12H18FNO3S/c1-8(7-15)14-9(2)10-4-5-12(11(13)6-10)18(3,16)17/h4-6,8-9,14-15H,7H2,1-3H3/t8-,9?/m1/s1. The van der Waals surface area contributed by atoms with Crippen molar-refractivity contribution in [3.63, 3.8) is 0 Å². The van der Waals surface area contributed by atoms with Crippen molar-refractivity contribution < 1.29 is 17.9 Å². The maximum Gasteiger partial charge on any atom is 0.178 e. The first-order chi connectivity index (χ1) is 8.25. The first-order valence-electron chi connectivity index (χ1n) is 5.62. The number of sulfone groups is 1. The fourth-order valence-electron chi connectivity index (χ4n) is 1.66. The predicted octanol–water partition coefficient (Wildman–Crippen LogP) is 1.26. The largest absolute Gasteiger partial charge is 0.395 e. The number of aliphatic hydroxyl groups excluding tert-OH is 1. The van der Waals surface area contributed by atoms with Gasteiger partial charge in [-0.3, -0.25) is 0 Å². The van der Waals surface area contributed by atoms with Gasteiger partial charge in [0, 0.05) is 18.3 Å². The normalized spacial score (nSPS) is 15.4. The van der Waals surface area contributed by atoms with Crippen molar-refractivity contribution in [1.82, 2.24) is 5.32 Å². The highest BCUT2D eigenvalue weighted by Crippen LogP contribution is 2.20. The molecule has 1 rings (SSSR count). The van der Waals surface area contributed by atoms with Crippen molar-refractivity contribution in [2.45, 2.75) is 30.8 Å². The maximum atomic E-state index is 13.7. The molecule has 0 saturated heterocycles. The summed E-state index contributed by atoms with van der Waals surface area (Å²) in [5.41, 5.74) is 0.639. The maximum absolute atomic E-state index is 13.7. The lowest BCUT2D eigenvalue weighted by Crippen LogP contribution is -2.31. The SMILES string of the molecule is CC(N[C@H](C)CO)c1ccc(S(C)(=O)=O)c(F)c1. The number of rotatable bonds is 5. The van der Waals surface area contributed by atoms with Crippen molar-refractivity contribution in [3.05, 3.63) is 29.6 Å². The molecule has 0 fully saturated rings. The Balaban J connectivity index is 2.98. The summed E-state index contributed by atoms with van der Waals surface area (Å²) in [6.45, 7) is 3.60. The van der Waals surface area contributed by atoms with Crippen LogP contribution in [-0.4, -0.2) is 32.4 Å². The van der Waals surface area contributed by atoms with Gasteiger partial charge in [-0.15, -0.1) is 0 Å². The van der Waals surface area contributed by atoms with Crippen LogP contribution in [-0.2, 0) is 9.84 Å². The van der Waals surface area contributed by atoms with E-state index in [2.05, 4.69) is 5.32 Å². The molecule has 0 amide bonds. The number of hydrogen-bond acceptors (Lipinski definition) is 4. The Hall–Kier alpha value is -0.980. The minimum Gasteiger partial charge on any atom is -0.395 e. The molecule has 0 aliphatic carbocycles. The van der Waals surface area contributed by atoms with Gasteiger partial charge in [0.05, 0.1) is 6.61 Å². The van der Waals surface area contributed by atoms with Crippen LogP contribution in [0, 0.1) is 5.82 Å². The lowest BCUT2D eigenvalue weighted by Gasteiger charge is -2.19. The first-order valence-corrected chi connectivity index (χ1v) is 7.51. The van der Waals surface area contributed by atoms with Crippen molar-refractivity contribution in [3.8, 4) is 0 Å². The molecule has 0 spiro atoms. The van der Waals surface area contributed by atoms with Gasteiger partial charge in [-0.2, -0.15) is 0 Å². The minimum atomic E-state index is -3.54. The first kappa shape index (κ1) is 15.1. The topological polar surface area (TPSA) is 66.4 Å². The van der Waals surface area contributed by atoms with Crippen LogP contribution in [0.15, 0.2) is 23.1 Å². The highest BCUT2D eigenvalue weighted by Gasteiger charge is 2.16. The zero-order chi connectivity index (χ0) is 13.9. The third-order valence-corrected chi connectivity index (χ3v) is 3.79. The Morgan fingerprint density at radius 2 is 2.00 bits per heavy atom. The van der Waals surface area contributed by atoms with Crippen molar-refractivity contribution in [1.29, 1.82) is 0 Å². The van der Waals surface area contributed by atoms with Gasteiger partial charge >= 0.3 is 0 Å². The van der Waals surface area contributed by atoms with Crippen molar-refractivity contribution >= 4 is 9.84 Å². The third-order valence-electron chi connectivity index (χ3n) is 2.66. The quantitative estimate of drug-likeness (QED) is 0.849. The van der Waals surface area contributed by atoms with E-state index in [1.807, 2.05) is 6.92 Å². The van der Waals surface area contributed by atoms with Crippen LogP contribution in [0.5, 0.6) is 0 Å². The van der Waals surface area contributed by atoms with E-state index in [9.17, 15) is 12.8 Å². The predicted molar refractivity (Wildman–Crippen MR) is 67.6 cm³/mol. The van der Waals surface area contributed by atoms with Crippen LogP contribution in [0.3, 0.4) is 0 Å². The van der Waals surface area contributed by atoms with E-state index in [-0.39, 0.29) is 23.6 Å². The summed E-state index contributed by atoms with van der Waals surface area (Å²) < 4.78 is 36.2. The molecular weight excluding hydrogens is 257 g/mol. The van der Waals surface area contributed by atoms with Gasteiger partial charge in [0.25, 0.3) is 0 Å². The van der Waals surface area contributed by atoms with Crippen LogP contribution in [0.25, 0.3) is 0 Å². The van der Waals surface area contributed by atoms with Gasteiger partial charge < -0.3 is 10.4 Å². The zero-order valence-electron chi connectivity index (χ0n) is 10.6. The number of hydrogen-bond donors (Lipinski definition) is 2. The smallest absolute Gasteiger partial charge is 0.178 e. The van der Waals surface area contributed by atoms with Gasteiger partial charge in [-0.1, -0.05) is 6.07 Å². The summed E-state index contributed by atoms with van der Waals surface area (Å²) in [6.07, 6.45) is 0.973. The van der Waals surface area contributed by atoms with E-state index < -0.39 is 15.7 Å². The van der Waals surface area contributed by atoms with E-state index in [1.54, 1.807) is 13.0 Å². The Labute approximate surface area is 107 Å². The second-order valence-corrected chi connectivity index (χ2v) is 6.42. The Morgan fingerprint density at radius 1 is 1.39 bits per heavy atom. The molecule has 6 heteroatoms. The Morgan fingerprint density at radius 3 is 2.44 bits per heavy atom. The van der Waals surface area contributed by atoms with E-state index in [4.69, 9.17) is 5.11 Å². The fraction of sp³-hybridized carbons (Fsp3) is 0.500. The number of halogens is 1. The number of aliphatic hydroxyl groups is 1. The van der Waals surface area contributed by atoms with Crippen LogP contribution in [0.4, 0.5) is 4.39 Å². The van der Waals surface area contributed by atoms with E-state index in [0.29, 0.717) is 5.56 Å². The molecule has 0 aliphatic rings. The lowest BCUT2D eigenvalue weighted by molar-refractivity contribution is 0.243. The average Bonchev–Trinajstić information content (AvgIpc) is 2.26. The molecule has 1 aromatic carbocycles. The summed E-state index contributed by atoms with van der Waals surface area (Å²) in [5.74, 6) is -0.750. The molecule has 0 heterocycles. The molecule has 0 aromatic heterocycles. The average molecular weight is 275 g/mol. The molecule has 2 atom stereocenters. The van der Waals surface area contributed by atoms with Crippen molar-refractivity contribution in [2.75, 3.05) is 12.9 Å². The second-order valence-electron chi connectivity index (χ2n) is 4.43. The van der Waals surface area contributed by atoms with Crippen LogP contribution < -0.4 is 5.32 Å². The van der Waals surface area contributed by atoms with E-state index in [1.165, 1.54) is 12.1 Å². The molecule has 2 N–H and O–H groups in total. The van der Waals surface area contributed by atoms with Crippen molar-refractivity contribution in [2.24, 2.45) is 0 Å². The molecule has 4 nitrogen and oxygen atoms in total. The second kappa shape index (κ2) is 5.77. The summed E-state index contributed by atoms with van der Waals surface area (Å²) in [7, 11) is -3.54. The molecule has 102 valence electrons. The Bertz CT molecular complexity index is 516. The molecule has 1 unspecified atom stereocenters. The summed E-state index contributed by atoms with van der Waals surface area (Å²) >= 11 is 0. The minimum absolute atomic E-state index is 0.0196. The monoisotopic (exact) mass is 275 g/mol. The fourth-order valence-corrected chi connectivity index (χ4v) is 2.39. The molecule has 18 heavy (non-hydrogen) atoms. The summed E-state index contributed by atoms with van der Waals surface area (Å²) in [5, 5.41) is 12.0. The molecule has 0 bridgehead atoms. The highest BCUT2D eigenvalue weighted by molar-refractivity contribution is 7.90. The van der Waals surface area contributed by atoms with Gasteiger partial charge in [0.2, 0.25) is 0 Å². The van der Waals surface area contributed by atoms with E-state index >= 15 is 0 Å². The molecular formula is C12H18FNO3S. The number of nitrogens with one attached hydrogen (secondary N) is 1. The summed E-state index contributed by atoms with van der Waals surface area (Å²) in [6, 6.07) is 3.76. The number of benzene rings is 1. The highest BCUT2D eigenvalue weighted by atomic mass is 32.2. The van der Waals surface area contributed by atoms with Crippen LogP contribution in [0.1, 0.15) is 25.5 Å². The lowest BCUT2D eigenvalue weighted by atomic mass is 10.1.